The van der Waals surface area contributed by atoms with Crippen molar-refractivity contribution in [3.05, 3.63) is 15.9 Å². The molecular weight excluding hydrogens is 322 g/mol. The summed E-state index contributed by atoms with van der Waals surface area (Å²) in [5.74, 6) is 0.791. The molecule has 1 aliphatic rings. The number of carbonyl (C=O) groups is 1. The van der Waals surface area contributed by atoms with Crippen LogP contribution >= 0.6 is 15.9 Å². The summed E-state index contributed by atoms with van der Waals surface area (Å²) >= 11 is 3.46. The molecule has 6 heteroatoms. The summed E-state index contributed by atoms with van der Waals surface area (Å²) in [5.41, 5.74) is 1.88. The van der Waals surface area contributed by atoms with Crippen LogP contribution in [0.3, 0.4) is 0 Å². The normalized spacial score (nSPS) is 14.6. The molecule has 0 spiro atoms. The van der Waals surface area contributed by atoms with E-state index in [2.05, 4.69) is 26.3 Å². The SMILES string of the molecule is Cc1nn(CC(=O)NCCCOCC2CC2)c(C)c1Br. The Morgan fingerprint density at radius 3 is 2.85 bits per heavy atom. The predicted molar refractivity (Wildman–Crippen MR) is 80.6 cm³/mol. The Morgan fingerprint density at radius 1 is 1.50 bits per heavy atom. The van der Waals surface area contributed by atoms with Crippen LogP contribution in [-0.4, -0.2) is 35.4 Å². The van der Waals surface area contributed by atoms with Gasteiger partial charge in [-0.25, -0.2) is 0 Å². The van der Waals surface area contributed by atoms with Crippen molar-refractivity contribution in [3.63, 3.8) is 0 Å². The lowest BCUT2D eigenvalue weighted by Gasteiger charge is -2.07. The molecule has 1 aromatic heterocycles. The molecule has 0 atom stereocenters. The van der Waals surface area contributed by atoms with E-state index < -0.39 is 0 Å². The van der Waals surface area contributed by atoms with Crippen LogP contribution in [0.25, 0.3) is 0 Å². The van der Waals surface area contributed by atoms with Gasteiger partial charge in [-0.15, -0.1) is 0 Å². The smallest absolute Gasteiger partial charge is 0.241 e. The summed E-state index contributed by atoms with van der Waals surface area (Å²) in [5, 5.41) is 7.21. The first-order valence-corrected chi connectivity index (χ1v) is 7.91. The standard InChI is InChI=1S/C14H22BrN3O2/c1-10-14(15)11(2)18(17-10)8-13(19)16-6-3-7-20-9-12-4-5-12/h12H,3-9H2,1-2H3,(H,16,19). The maximum atomic E-state index is 11.8. The van der Waals surface area contributed by atoms with Crippen LogP contribution in [0.1, 0.15) is 30.7 Å². The summed E-state index contributed by atoms with van der Waals surface area (Å²) in [6.45, 7) is 6.40. The molecule has 0 unspecified atom stereocenters. The molecule has 0 radical (unpaired) electrons. The zero-order chi connectivity index (χ0) is 14.5. The van der Waals surface area contributed by atoms with Gasteiger partial charge in [-0.2, -0.15) is 5.10 Å². The number of carbonyl (C=O) groups excluding carboxylic acids is 1. The molecule has 0 aliphatic heterocycles. The van der Waals surface area contributed by atoms with Crippen LogP contribution in [0.5, 0.6) is 0 Å². The lowest BCUT2D eigenvalue weighted by atomic mass is 10.4. The van der Waals surface area contributed by atoms with Gasteiger partial charge < -0.3 is 10.1 Å². The third-order valence-electron chi connectivity index (χ3n) is 3.42. The molecule has 0 bridgehead atoms. The Morgan fingerprint density at radius 2 is 2.25 bits per heavy atom. The number of nitrogens with one attached hydrogen (secondary N) is 1. The van der Waals surface area contributed by atoms with E-state index in [1.807, 2.05) is 13.8 Å². The van der Waals surface area contributed by atoms with Crippen LogP contribution in [0.4, 0.5) is 0 Å². The molecule has 1 saturated carbocycles. The lowest BCUT2D eigenvalue weighted by Crippen LogP contribution is -2.29. The van der Waals surface area contributed by atoms with Gasteiger partial charge in [0.2, 0.25) is 5.91 Å². The van der Waals surface area contributed by atoms with E-state index in [0.29, 0.717) is 6.54 Å². The van der Waals surface area contributed by atoms with Crippen molar-refractivity contribution in [1.29, 1.82) is 0 Å². The Labute approximate surface area is 128 Å². The van der Waals surface area contributed by atoms with Crippen LogP contribution in [0, 0.1) is 19.8 Å². The number of hydrogen-bond donors (Lipinski definition) is 1. The van der Waals surface area contributed by atoms with Crippen LogP contribution in [-0.2, 0) is 16.1 Å². The molecule has 1 amide bonds. The molecular formula is C14H22BrN3O2. The van der Waals surface area contributed by atoms with Crippen molar-refractivity contribution in [2.75, 3.05) is 19.8 Å². The van der Waals surface area contributed by atoms with Gasteiger partial charge in [0.1, 0.15) is 6.54 Å². The van der Waals surface area contributed by atoms with E-state index in [9.17, 15) is 4.79 Å². The summed E-state index contributed by atoms with van der Waals surface area (Å²) in [6.07, 6.45) is 3.49. The maximum Gasteiger partial charge on any atom is 0.241 e. The fourth-order valence-electron chi connectivity index (χ4n) is 1.96. The highest BCUT2D eigenvalue weighted by atomic mass is 79.9. The quantitative estimate of drug-likeness (QED) is 0.736. The van der Waals surface area contributed by atoms with E-state index in [0.717, 1.165) is 41.4 Å². The zero-order valence-corrected chi connectivity index (χ0v) is 13.7. The summed E-state index contributed by atoms with van der Waals surface area (Å²) < 4.78 is 8.21. The summed E-state index contributed by atoms with van der Waals surface area (Å²) in [4.78, 5) is 11.8. The fraction of sp³-hybridized carbons (Fsp3) is 0.714. The molecule has 1 heterocycles. The number of amides is 1. The third-order valence-corrected chi connectivity index (χ3v) is 4.57. The number of nitrogens with zero attached hydrogens (tertiary/aromatic N) is 2. The number of aryl methyl sites for hydroxylation is 1. The molecule has 1 N–H and O–H groups in total. The van der Waals surface area contributed by atoms with E-state index >= 15 is 0 Å². The van der Waals surface area contributed by atoms with E-state index in [-0.39, 0.29) is 12.5 Å². The van der Waals surface area contributed by atoms with Crippen molar-refractivity contribution in [3.8, 4) is 0 Å². The molecule has 112 valence electrons. The van der Waals surface area contributed by atoms with Gasteiger partial charge in [0, 0.05) is 19.8 Å². The molecule has 20 heavy (non-hydrogen) atoms. The van der Waals surface area contributed by atoms with Gasteiger partial charge in [-0.05, 0) is 55.0 Å². The van der Waals surface area contributed by atoms with Gasteiger partial charge in [-0.1, -0.05) is 0 Å². The molecule has 5 nitrogen and oxygen atoms in total. The Balaban J connectivity index is 1.60. The second-order valence-electron chi connectivity index (χ2n) is 5.36. The first kappa shape index (κ1) is 15.5. The molecule has 0 saturated heterocycles. The van der Waals surface area contributed by atoms with E-state index in [1.165, 1.54) is 12.8 Å². The largest absolute Gasteiger partial charge is 0.381 e. The Hall–Kier alpha value is -0.880. The highest BCUT2D eigenvalue weighted by Crippen LogP contribution is 2.28. The minimum atomic E-state index is -0.00899. The number of hydrogen-bond acceptors (Lipinski definition) is 3. The predicted octanol–water partition coefficient (Wildman–Crippen LogP) is 2.20. The third kappa shape index (κ3) is 4.59. The monoisotopic (exact) mass is 343 g/mol. The zero-order valence-electron chi connectivity index (χ0n) is 12.1. The van der Waals surface area contributed by atoms with Crippen molar-refractivity contribution in [1.82, 2.24) is 15.1 Å². The van der Waals surface area contributed by atoms with Gasteiger partial charge in [0.25, 0.3) is 0 Å². The summed E-state index contributed by atoms with van der Waals surface area (Å²) in [6, 6.07) is 0. The average molecular weight is 344 g/mol. The first-order chi connectivity index (χ1) is 9.58. The van der Waals surface area contributed by atoms with E-state index in [1.54, 1.807) is 4.68 Å². The van der Waals surface area contributed by atoms with Crippen LogP contribution < -0.4 is 5.32 Å². The highest BCUT2D eigenvalue weighted by molar-refractivity contribution is 9.10. The highest BCUT2D eigenvalue weighted by Gasteiger charge is 2.20. The lowest BCUT2D eigenvalue weighted by molar-refractivity contribution is -0.121. The van der Waals surface area contributed by atoms with Crippen molar-refractivity contribution >= 4 is 21.8 Å². The molecule has 1 aromatic rings. The Bertz CT molecular complexity index is 469. The van der Waals surface area contributed by atoms with Crippen LogP contribution in [0.15, 0.2) is 4.47 Å². The number of ether oxygens (including phenoxy) is 1. The number of aromatic nitrogens is 2. The summed E-state index contributed by atoms with van der Waals surface area (Å²) in [7, 11) is 0. The second-order valence-corrected chi connectivity index (χ2v) is 6.16. The molecule has 1 fully saturated rings. The maximum absolute atomic E-state index is 11.8. The van der Waals surface area contributed by atoms with Crippen molar-refractivity contribution in [2.24, 2.45) is 5.92 Å². The van der Waals surface area contributed by atoms with Crippen molar-refractivity contribution in [2.45, 2.75) is 39.7 Å². The average Bonchev–Trinajstić information content (AvgIpc) is 3.20. The van der Waals surface area contributed by atoms with Gasteiger partial charge in [0.15, 0.2) is 0 Å². The molecule has 1 aliphatic carbocycles. The minimum absolute atomic E-state index is 0.00899. The fourth-order valence-corrected chi connectivity index (χ4v) is 2.24. The van der Waals surface area contributed by atoms with Crippen LogP contribution in [0.2, 0.25) is 0 Å². The Kier molecular flexibility index (Phi) is 5.60. The number of halogens is 1. The van der Waals surface area contributed by atoms with Gasteiger partial charge in [-0.3, -0.25) is 9.48 Å². The number of rotatable bonds is 8. The minimum Gasteiger partial charge on any atom is -0.381 e. The van der Waals surface area contributed by atoms with Crippen molar-refractivity contribution < 1.29 is 9.53 Å². The van der Waals surface area contributed by atoms with Gasteiger partial charge in [0.05, 0.1) is 15.9 Å². The van der Waals surface area contributed by atoms with Gasteiger partial charge >= 0.3 is 0 Å². The first-order valence-electron chi connectivity index (χ1n) is 7.12. The second kappa shape index (κ2) is 7.22. The van der Waals surface area contributed by atoms with E-state index in [4.69, 9.17) is 4.74 Å². The molecule has 2 rings (SSSR count). The topological polar surface area (TPSA) is 56.2 Å². The molecule has 0 aromatic carbocycles.